The van der Waals surface area contributed by atoms with Crippen molar-refractivity contribution in [3.05, 3.63) is 66.0 Å². The molecular weight excluding hydrogens is 402 g/mol. The van der Waals surface area contributed by atoms with E-state index in [9.17, 15) is 0 Å². The predicted molar refractivity (Wildman–Crippen MR) is 120 cm³/mol. The molecule has 1 aliphatic carbocycles. The van der Waals surface area contributed by atoms with Gasteiger partial charge in [0.1, 0.15) is 10.9 Å². The van der Waals surface area contributed by atoms with Crippen LogP contribution >= 0.6 is 23.4 Å². The van der Waals surface area contributed by atoms with Gasteiger partial charge < -0.3 is 5.32 Å². The lowest BCUT2D eigenvalue weighted by atomic mass is 9.98. The normalized spacial score (nSPS) is 20.2. The Morgan fingerprint density at radius 1 is 1.00 bits per heavy atom. The van der Waals surface area contributed by atoms with E-state index in [2.05, 4.69) is 32.7 Å². The van der Waals surface area contributed by atoms with E-state index in [1.165, 1.54) is 0 Å². The van der Waals surface area contributed by atoms with Gasteiger partial charge in [0.15, 0.2) is 0 Å². The van der Waals surface area contributed by atoms with E-state index in [1.807, 2.05) is 48.8 Å². The summed E-state index contributed by atoms with van der Waals surface area (Å²) in [6.45, 7) is 0. The van der Waals surface area contributed by atoms with E-state index in [1.54, 1.807) is 11.8 Å². The van der Waals surface area contributed by atoms with E-state index in [-0.39, 0.29) is 0 Å². The molecule has 0 bridgehead atoms. The number of aliphatic imine (C=N–C) groups is 1. The molecule has 5 nitrogen and oxygen atoms in total. The molecule has 5 rings (SSSR count). The second-order valence-electron chi connectivity index (χ2n) is 7.15. The highest BCUT2D eigenvalue weighted by atomic mass is 35.5. The van der Waals surface area contributed by atoms with Crippen LogP contribution in [0.15, 0.2) is 71.0 Å². The van der Waals surface area contributed by atoms with Crippen molar-refractivity contribution in [3.8, 4) is 22.4 Å². The second-order valence-corrected chi connectivity index (χ2v) is 8.55. The third kappa shape index (κ3) is 3.82. The predicted octanol–water partition coefficient (Wildman–Crippen LogP) is 4.97. The van der Waals surface area contributed by atoms with E-state index >= 15 is 0 Å². The molecule has 0 radical (unpaired) electrons. The largest absolute Gasteiger partial charge is 0.368 e. The summed E-state index contributed by atoms with van der Waals surface area (Å²) in [5, 5.41) is 13.1. The van der Waals surface area contributed by atoms with Gasteiger partial charge in [-0.15, -0.1) is 0 Å². The number of halogens is 1. The van der Waals surface area contributed by atoms with Crippen molar-refractivity contribution >= 4 is 29.2 Å². The SMILES string of the molecule is Clc1ccc(-c2[nH]nc(SCC3=NC4CC=CCC4N3)c2-c2ccncc2)cc1. The van der Waals surface area contributed by atoms with Crippen molar-refractivity contribution < 1.29 is 0 Å². The van der Waals surface area contributed by atoms with E-state index in [0.29, 0.717) is 12.1 Å². The number of benzene rings is 1. The van der Waals surface area contributed by atoms with Crippen LogP contribution in [0, 0.1) is 0 Å². The van der Waals surface area contributed by atoms with Crippen LogP contribution in [0.4, 0.5) is 0 Å². The fourth-order valence-electron chi connectivity index (χ4n) is 3.81. The third-order valence-corrected chi connectivity index (χ3v) is 6.49. The van der Waals surface area contributed by atoms with Crippen LogP contribution in [-0.4, -0.2) is 38.9 Å². The van der Waals surface area contributed by atoms with Crippen LogP contribution < -0.4 is 5.32 Å². The number of fused-ring (bicyclic) bond motifs is 1. The van der Waals surface area contributed by atoms with Gasteiger partial charge in [0.25, 0.3) is 0 Å². The first-order chi connectivity index (χ1) is 14.3. The van der Waals surface area contributed by atoms with E-state index < -0.39 is 0 Å². The molecular formula is C22H20ClN5S. The number of nitrogens with one attached hydrogen (secondary N) is 2. The zero-order valence-corrected chi connectivity index (χ0v) is 17.2. The Kier molecular flexibility index (Phi) is 5.12. The van der Waals surface area contributed by atoms with Crippen LogP contribution in [0.3, 0.4) is 0 Å². The van der Waals surface area contributed by atoms with E-state index in [4.69, 9.17) is 16.6 Å². The van der Waals surface area contributed by atoms with Gasteiger partial charge in [0.05, 0.1) is 23.5 Å². The Morgan fingerprint density at radius 2 is 1.79 bits per heavy atom. The fraction of sp³-hybridized carbons (Fsp3) is 0.227. The molecule has 29 heavy (non-hydrogen) atoms. The molecule has 2 aliphatic rings. The molecule has 3 aromatic rings. The molecule has 0 fully saturated rings. The van der Waals surface area contributed by atoms with Gasteiger partial charge in [0.2, 0.25) is 0 Å². The van der Waals surface area contributed by atoms with Crippen LogP contribution in [0.2, 0.25) is 5.02 Å². The maximum absolute atomic E-state index is 6.07. The molecule has 0 amide bonds. The zero-order chi connectivity index (χ0) is 19.6. The summed E-state index contributed by atoms with van der Waals surface area (Å²) in [7, 11) is 0. The minimum atomic E-state index is 0.374. The molecule has 146 valence electrons. The van der Waals surface area contributed by atoms with Crippen molar-refractivity contribution in [2.45, 2.75) is 30.0 Å². The summed E-state index contributed by atoms with van der Waals surface area (Å²) in [6.07, 6.45) is 10.2. The number of thioether (sulfide) groups is 1. The van der Waals surface area contributed by atoms with Gasteiger partial charge in [-0.25, -0.2) is 0 Å². The number of amidine groups is 1. The summed E-state index contributed by atoms with van der Waals surface area (Å²) in [4.78, 5) is 9.03. The molecule has 2 unspecified atom stereocenters. The number of rotatable bonds is 5. The Bertz CT molecular complexity index is 1060. The van der Waals surface area contributed by atoms with Crippen LogP contribution in [-0.2, 0) is 0 Å². The average Bonchev–Trinajstić information content (AvgIpc) is 3.37. The summed E-state index contributed by atoms with van der Waals surface area (Å²) in [5.41, 5.74) is 4.20. The van der Waals surface area contributed by atoms with Gasteiger partial charge in [-0.1, -0.05) is 47.6 Å². The highest BCUT2D eigenvalue weighted by molar-refractivity contribution is 8.00. The summed E-state index contributed by atoms with van der Waals surface area (Å²) >= 11 is 7.77. The van der Waals surface area contributed by atoms with Crippen LogP contribution in [0.25, 0.3) is 22.4 Å². The monoisotopic (exact) mass is 421 g/mol. The summed E-state index contributed by atoms with van der Waals surface area (Å²) in [6, 6.07) is 12.7. The Labute approximate surface area is 178 Å². The average molecular weight is 422 g/mol. The lowest BCUT2D eigenvalue weighted by molar-refractivity contribution is 0.514. The van der Waals surface area contributed by atoms with Crippen molar-refractivity contribution in [3.63, 3.8) is 0 Å². The number of hydrogen-bond acceptors (Lipinski definition) is 5. The number of H-pyrrole nitrogens is 1. The first-order valence-corrected chi connectivity index (χ1v) is 11.0. The fourth-order valence-corrected chi connectivity index (χ4v) is 4.84. The summed E-state index contributed by atoms with van der Waals surface area (Å²) < 4.78 is 0. The lowest BCUT2D eigenvalue weighted by Gasteiger charge is -2.19. The Morgan fingerprint density at radius 3 is 2.59 bits per heavy atom. The quantitative estimate of drug-likeness (QED) is 0.450. The zero-order valence-electron chi connectivity index (χ0n) is 15.7. The van der Waals surface area contributed by atoms with Crippen molar-refractivity contribution in [1.29, 1.82) is 0 Å². The van der Waals surface area contributed by atoms with E-state index in [0.717, 1.165) is 56.9 Å². The van der Waals surface area contributed by atoms with Crippen LogP contribution in [0.5, 0.6) is 0 Å². The van der Waals surface area contributed by atoms with Gasteiger partial charge in [0, 0.05) is 28.5 Å². The first kappa shape index (κ1) is 18.5. The van der Waals surface area contributed by atoms with Crippen molar-refractivity contribution in [2.24, 2.45) is 4.99 Å². The minimum Gasteiger partial charge on any atom is -0.368 e. The maximum Gasteiger partial charge on any atom is 0.127 e. The topological polar surface area (TPSA) is 66.0 Å². The number of pyridine rings is 1. The summed E-state index contributed by atoms with van der Waals surface area (Å²) in [5.74, 6) is 1.83. The third-order valence-electron chi connectivity index (χ3n) is 5.25. The molecule has 3 heterocycles. The number of aromatic nitrogens is 3. The van der Waals surface area contributed by atoms with Gasteiger partial charge in [-0.2, -0.15) is 5.10 Å². The molecule has 0 saturated heterocycles. The molecule has 0 spiro atoms. The smallest absolute Gasteiger partial charge is 0.127 e. The Balaban J connectivity index is 1.43. The number of hydrogen-bond donors (Lipinski definition) is 2. The Hall–Kier alpha value is -2.57. The highest BCUT2D eigenvalue weighted by Gasteiger charge is 2.29. The lowest BCUT2D eigenvalue weighted by Crippen LogP contribution is -2.36. The number of nitrogens with zero attached hydrogens (tertiary/aromatic N) is 3. The highest BCUT2D eigenvalue weighted by Crippen LogP contribution is 2.38. The van der Waals surface area contributed by atoms with Gasteiger partial charge in [-0.3, -0.25) is 15.1 Å². The molecule has 2 N–H and O–H groups in total. The van der Waals surface area contributed by atoms with Gasteiger partial charge >= 0.3 is 0 Å². The maximum atomic E-state index is 6.07. The molecule has 1 aromatic carbocycles. The number of aromatic amines is 1. The second kappa shape index (κ2) is 8.05. The minimum absolute atomic E-state index is 0.374. The molecule has 2 atom stereocenters. The first-order valence-electron chi connectivity index (χ1n) is 9.63. The van der Waals surface area contributed by atoms with Crippen molar-refractivity contribution in [1.82, 2.24) is 20.5 Å². The molecule has 2 aromatic heterocycles. The molecule has 0 saturated carbocycles. The van der Waals surface area contributed by atoms with Gasteiger partial charge in [-0.05, 0) is 42.7 Å². The van der Waals surface area contributed by atoms with Crippen molar-refractivity contribution in [2.75, 3.05) is 5.75 Å². The van der Waals surface area contributed by atoms with Crippen LogP contribution in [0.1, 0.15) is 12.8 Å². The standard InChI is InChI=1S/C22H20ClN5S/c23-16-7-5-15(6-8-16)21-20(14-9-11-24-12-10-14)22(28-27-21)29-13-19-25-17-3-1-2-4-18(17)26-19/h1-2,5-12,17-18H,3-4,13H2,(H,25,26)(H,27,28). The molecule has 7 heteroatoms. The molecule has 1 aliphatic heterocycles.